The van der Waals surface area contributed by atoms with Crippen molar-refractivity contribution in [3.63, 3.8) is 0 Å². The molecule has 0 saturated heterocycles. The van der Waals surface area contributed by atoms with E-state index >= 15 is 0 Å². The number of nitrogens with zero attached hydrogens (tertiary/aromatic N) is 1. The highest BCUT2D eigenvalue weighted by molar-refractivity contribution is 5.35. The van der Waals surface area contributed by atoms with Crippen molar-refractivity contribution in [1.29, 1.82) is 0 Å². The topological polar surface area (TPSA) is 38.1 Å². The number of hydrogen-bond donors (Lipinski definition) is 1. The van der Waals surface area contributed by atoms with Crippen LogP contribution < -0.4 is 5.32 Å². The van der Waals surface area contributed by atoms with Gasteiger partial charge in [0.25, 0.3) is 0 Å². The van der Waals surface area contributed by atoms with Gasteiger partial charge in [-0.25, -0.2) is 0 Å². The van der Waals surface area contributed by atoms with Crippen LogP contribution in [0, 0.1) is 27.7 Å². The molecule has 0 fully saturated rings. The molecule has 0 aromatic carbocycles. The fourth-order valence-corrected chi connectivity index (χ4v) is 2.74. The number of hydrogen-bond acceptors (Lipinski definition) is 3. The normalized spacial score (nSPS) is 12.6. The van der Waals surface area contributed by atoms with Gasteiger partial charge in [0.05, 0.1) is 0 Å². The van der Waals surface area contributed by atoms with E-state index < -0.39 is 0 Å². The Morgan fingerprint density at radius 2 is 1.90 bits per heavy atom. The standard InChI is InChI=1S/C18H26N2O/c1-6-9-19-17(10-16-8-7-12(2)11-20-16)18-13(3)14(4)21-15(18)5/h7-8,11,17,19H,6,9-10H2,1-5H3. The largest absolute Gasteiger partial charge is 0.466 e. The molecule has 3 heteroatoms. The van der Waals surface area contributed by atoms with Gasteiger partial charge < -0.3 is 9.73 Å². The number of nitrogens with one attached hydrogen (secondary N) is 1. The molecule has 2 rings (SSSR count). The van der Waals surface area contributed by atoms with Gasteiger partial charge >= 0.3 is 0 Å². The first kappa shape index (κ1) is 15.8. The minimum absolute atomic E-state index is 0.262. The van der Waals surface area contributed by atoms with E-state index in [-0.39, 0.29) is 6.04 Å². The van der Waals surface area contributed by atoms with E-state index in [9.17, 15) is 0 Å². The number of furan rings is 1. The first-order valence-electron chi connectivity index (χ1n) is 7.74. The average Bonchev–Trinajstić information content (AvgIpc) is 2.71. The second kappa shape index (κ2) is 6.90. The molecule has 0 spiro atoms. The van der Waals surface area contributed by atoms with Crippen LogP contribution in [0.4, 0.5) is 0 Å². The van der Waals surface area contributed by atoms with Gasteiger partial charge in [0.2, 0.25) is 0 Å². The molecule has 1 unspecified atom stereocenters. The molecule has 1 atom stereocenters. The molecule has 0 radical (unpaired) electrons. The molecule has 2 aromatic rings. The van der Waals surface area contributed by atoms with E-state index in [1.165, 1.54) is 16.7 Å². The molecule has 0 bridgehead atoms. The second-order valence-corrected chi connectivity index (χ2v) is 5.79. The highest BCUT2D eigenvalue weighted by atomic mass is 16.3. The molecule has 21 heavy (non-hydrogen) atoms. The molecule has 114 valence electrons. The van der Waals surface area contributed by atoms with Crippen molar-refractivity contribution in [2.24, 2.45) is 0 Å². The molecule has 0 saturated carbocycles. The zero-order valence-electron chi connectivity index (χ0n) is 13.8. The van der Waals surface area contributed by atoms with Crippen LogP contribution in [0.5, 0.6) is 0 Å². The van der Waals surface area contributed by atoms with Crippen molar-refractivity contribution < 1.29 is 4.42 Å². The monoisotopic (exact) mass is 286 g/mol. The van der Waals surface area contributed by atoms with Crippen LogP contribution in [0.2, 0.25) is 0 Å². The molecule has 0 aliphatic rings. The van der Waals surface area contributed by atoms with Gasteiger partial charge in [-0.05, 0) is 57.9 Å². The maximum Gasteiger partial charge on any atom is 0.106 e. The molecule has 0 aliphatic heterocycles. The summed E-state index contributed by atoms with van der Waals surface area (Å²) in [6.07, 6.45) is 3.94. The van der Waals surface area contributed by atoms with E-state index in [4.69, 9.17) is 4.42 Å². The Morgan fingerprint density at radius 3 is 2.43 bits per heavy atom. The summed E-state index contributed by atoms with van der Waals surface area (Å²) >= 11 is 0. The summed E-state index contributed by atoms with van der Waals surface area (Å²) < 4.78 is 5.80. The SMILES string of the molecule is CCCNC(Cc1ccc(C)cn1)c1c(C)oc(C)c1C. The van der Waals surface area contributed by atoms with Crippen molar-refractivity contribution in [3.8, 4) is 0 Å². The Morgan fingerprint density at radius 1 is 1.14 bits per heavy atom. The van der Waals surface area contributed by atoms with Gasteiger partial charge in [-0.1, -0.05) is 13.0 Å². The minimum atomic E-state index is 0.262. The van der Waals surface area contributed by atoms with E-state index in [1.807, 2.05) is 13.1 Å². The summed E-state index contributed by atoms with van der Waals surface area (Å²) in [5.41, 5.74) is 4.87. The summed E-state index contributed by atoms with van der Waals surface area (Å²) in [5.74, 6) is 2.04. The number of rotatable bonds is 6. The molecule has 2 aromatic heterocycles. The lowest BCUT2D eigenvalue weighted by molar-refractivity contribution is 0.478. The summed E-state index contributed by atoms with van der Waals surface area (Å²) in [4.78, 5) is 4.55. The third kappa shape index (κ3) is 3.73. The maximum absolute atomic E-state index is 5.80. The van der Waals surface area contributed by atoms with Crippen molar-refractivity contribution in [3.05, 3.63) is 52.2 Å². The highest BCUT2D eigenvalue weighted by Crippen LogP contribution is 2.29. The maximum atomic E-state index is 5.80. The lowest BCUT2D eigenvalue weighted by Crippen LogP contribution is -2.25. The lowest BCUT2D eigenvalue weighted by Gasteiger charge is -2.19. The molecule has 2 heterocycles. The third-order valence-electron chi connectivity index (χ3n) is 3.99. The molecular formula is C18H26N2O. The molecule has 0 aliphatic carbocycles. The van der Waals surface area contributed by atoms with Gasteiger partial charge in [-0.2, -0.15) is 0 Å². The third-order valence-corrected chi connectivity index (χ3v) is 3.99. The average molecular weight is 286 g/mol. The second-order valence-electron chi connectivity index (χ2n) is 5.79. The van der Waals surface area contributed by atoms with Crippen LogP contribution in [-0.2, 0) is 6.42 Å². The Labute approximate surface area is 127 Å². The van der Waals surface area contributed by atoms with Crippen molar-refractivity contribution >= 4 is 0 Å². The van der Waals surface area contributed by atoms with Crippen LogP contribution in [0.15, 0.2) is 22.7 Å². The first-order chi connectivity index (χ1) is 10.0. The van der Waals surface area contributed by atoms with Crippen molar-refractivity contribution in [1.82, 2.24) is 10.3 Å². The van der Waals surface area contributed by atoms with Crippen LogP contribution in [0.25, 0.3) is 0 Å². The van der Waals surface area contributed by atoms with Gasteiger partial charge in [-0.15, -0.1) is 0 Å². The summed E-state index contributed by atoms with van der Waals surface area (Å²) in [7, 11) is 0. The lowest BCUT2D eigenvalue weighted by atomic mass is 9.97. The number of pyridine rings is 1. The predicted molar refractivity (Wildman–Crippen MR) is 86.6 cm³/mol. The van der Waals surface area contributed by atoms with E-state index in [0.29, 0.717) is 0 Å². The Kier molecular flexibility index (Phi) is 5.18. The fourth-order valence-electron chi connectivity index (χ4n) is 2.74. The Bertz CT molecular complexity index is 584. The van der Waals surface area contributed by atoms with Crippen LogP contribution in [0.1, 0.15) is 53.3 Å². The number of aromatic nitrogens is 1. The quantitative estimate of drug-likeness (QED) is 0.865. The molecule has 0 amide bonds. The predicted octanol–water partition coefficient (Wildman–Crippen LogP) is 4.19. The van der Waals surface area contributed by atoms with Gasteiger partial charge in [0.1, 0.15) is 11.5 Å². The molecular weight excluding hydrogens is 260 g/mol. The zero-order valence-corrected chi connectivity index (χ0v) is 13.8. The van der Waals surface area contributed by atoms with Crippen LogP contribution in [-0.4, -0.2) is 11.5 Å². The van der Waals surface area contributed by atoms with Crippen molar-refractivity contribution in [2.75, 3.05) is 6.54 Å². The Hall–Kier alpha value is -1.61. The van der Waals surface area contributed by atoms with Gasteiger partial charge in [0.15, 0.2) is 0 Å². The van der Waals surface area contributed by atoms with Crippen LogP contribution >= 0.6 is 0 Å². The van der Waals surface area contributed by atoms with E-state index in [2.05, 4.69) is 50.1 Å². The molecule has 3 nitrogen and oxygen atoms in total. The van der Waals surface area contributed by atoms with Crippen molar-refractivity contribution in [2.45, 2.75) is 53.5 Å². The molecule has 1 N–H and O–H groups in total. The van der Waals surface area contributed by atoms with Crippen LogP contribution in [0.3, 0.4) is 0 Å². The summed E-state index contributed by atoms with van der Waals surface area (Å²) in [5, 5.41) is 3.64. The van der Waals surface area contributed by atoms with E-state index in [1.54, 1.807) is 0 Å². The minimum Gasteiger partial charge on any atom is -0.466 e. The van der Waals surface area contributed by atoms with E-state index in [0.717, 1.165) is 36.6 Å². The van der Waals surface area contributed by atoms with Gasteiger partial charge in [-0.3, -0.25) is 4.98 Å². The zero-order chi connectivity index (χ0) is 15.4. The van der Waals surface area contributed by atoms with Gasteiger partial charge in [0, 0.05) is 29.9 Å². The smallest absolute Gasteiger partial charge is 0.106 e. The summed E-state index contributed by atoms with van der Waals surface area (Å²) in [6, 6.07) is 4.50. The first-order valence-corrected chi connectivity index (χ1v) is 7.74. The highest BCUT2D eigenvalue weighted by Gasteiger charge is 2.21. The Balaban J connectivity index is 2.27. The number of aryl methyl sites for hydroxylation is 3. The summed E-state index contributed by atoms with van der Waals surface area (Å²) in [6.45, 7) is 11.5. The fraction of sp³-hybridized carbons (Fsp3) is 0.500.